The fourth-order valence-corrected chi connectivity index (χ4v) is 1.87. The van der Waals surface area contributed by atoms with Crippen molar-refractivity contribution in [3.8, 4) is 0 Å². The summed E-state index contributed by atoms with van der Waals surface area (Å²) in [5.41, 5.74) is 0. The first-order valence-corrected chi connectivity index (χ1v) is 5.81. The topological polar surface area (TPSA) is 26.3 Å². The van der Waals surface area contributed by atoms with Crippen LogP contribution in [-0.4, -0.2) is 12.1 Å². The monoisotopic (exact) mass is 197 g/mol. The molecule has 0 bridgehead atoms. The van der Waals surface area contributed by atoms with E-state index in [1.807, 2.05) is 0 Å². The molecule has 0 heterocycles. The van der Waals surface area contributed by atoms with Crippen molar-refractivity contribution in [1.29, 1.82) is 0 Å². The highest BCUT2D eigenvalue weighted by Gasteiger charge is 2.18. The maximum atomic E-state index is 11.3. The van der Waals surface area contributed by atoms with Gasteiger partial charge in [0.2, 0.25) is 0 Å². The molecular weight excluding hydrogens is 176 g/mol. The lowest BCUT2D eigenvalue weighted by molar-refractivity contribution is -0.148. The Kier molecular flexibility index (Phi) is 5.65. The van der Waals surface area contributed by atoms with Gasteiger partial charge >= 0.3 is 5.97 Å². The molecular formula is C12H21O2. The van der Waals surface area contributed by atoms with Crippen molar-refractivity contribution in [3.63, 3.8) is 0 Å². The van der Waals surface area contributed by atoms with Crippen molar-refractivity contribution in [2.75, 3.05) is 0 Å². The maximum absolute atomic E-state index is 11.3. The van der Waals surface area contributed by atoms with Gasteiger partial charge in [-0.2, -0.15) is 0 Å². The molecule has 1 aliphatic rings. The summed E-state index contributed by atoms with van der Waals surface area (Å²) < 4.78 is 5.34. The van der Waals surface area contributed by atoms with Crippen molar-refractivity contribution in [2.24, 2.45) is 0 Å². The van der Waals surface area contributed by atoms with Gasteiger partial charge < -0.3 is 4.74 Å². The highest BCUT2D eigenvalue weighted by atomic mass is 16.5. The number of rotatable bonds is 6. The summed E-state index contributed by atoms with van der Waals surface area (Å²) in [5.74, 6) is 0.000891. The third-order valence-electron chi connectivity index (χ3n) is 2.73. The first kappa shape index (κ1) is 11.5. The van der Waals surface area contributed by atoms with Crippen LogP contribution in [0.15, 0.2) is 0 Å². The minimum Gasteiger partial charge on any atom is -0.462 e. The van der Waals surface area contributed by atoms with Crippen molar-refractivity contribution in [1.82, 2.24) is 0 Å². The summed E-state index contributed by atoms with van der Waals surface area (Å²) in [5, 5.41) is 0. The Labute approximate surface area is 87.0 Å². The van der Waals surface area contributed by atoms with E-state index in [1.54, 1.807) is 0 Å². The zero-order valence-corrected chi connectivity index (χ0v) is 8.96. The number of esters is 1. The van der Waals surface area contributed by atoms with Gasteiger partial charge in [0, 0.05) is 6.42 Å². The number of hydrogen-bond donors (Lipinski definition) is 0. The Morgan fingerprint density at radius 3 is 2.57 bits per heavy atom. The molecule has 0 spiro atoms. The van der Waals surface area contributed by atoms with Crippen LogP contribution in [0.3, 0.4) is 0 Å². The molecule has 2 nitrogen and oxygen atoms in total. The van der Waals surface area contributed by atoms with E-state index in [4.69, 9.17) is 4.74 Å². The number of ether oxygens (including phenoxy) is 1. The van der Waals surface area contributed by atoms with E-state index in [-0.39, 0.29) is 12.1 Å². The van der Waals surface area contributed by atoms with E-state index >= 15 is 0 Å². The van der Waals surface area contributed by atoms with Crippen LogP contribution in [0.1, 0.15) is 57.8 Å². The Balaban J connectivity index is 1.98. The molecule has 0 aliphatic heterocycles. The summed E-state index contributed by atoms with van der Waals surface area (Å²) in [7, 11) is 0. The number of unbranched alkanes of at least 4 members (excludes halogenated alkanes) is 3. The zero-order valence-electron chi connectivity index (χ0n) is 8.96. The highest BCUT2D eigenvalue weighted by molar-refractivity contribution is 5.69. The Morgan fingerprint density at radius 2 is 1.93 bits per heavy atom. The summed E-state index contributed by atoms with van der Waals surface area (Å²) in [6.45, 7) is 3.77. The molecule has 0 aromatic carbocycles. The molecule has 81 valence electrons. The maximum Gasteiger partial charge on any atom is 0.306 e. The summed E-state index contributed by atoms with van der Waals surface area (Å²) in [6.07, 6.45) is 9.57. The first-order chi connectivity index (χ1) is 6.83. The average Bonchev–Trinajstić information content (AvgIpc) is 2.65. The van der Waals surface area contributed by atoms with E-state index in [2.05, 4.69) is 6.92 Å². The van der Waals surface area contributed by atoms with Gasteiger partial charge in [-0.15, -0.1) is 0 Å². The second-order valence-electron chi connectivity index (χ2n) is 4.06. The molecule has 0 aromatic heterocycles. The van der Waals surface area contributed by atoms with Crippen LogP contribution in [0.5, 0.6) is 0 Å². The van der Waals surface area contributed by atoms with E-state index in [1.165, 1.54) is 12.8 Å². The Bertz CT molecular complexity index is 160. The van der Waals surface area contributed by atoms with Crippen LogP contribution in [0, 0.1) is 6.92 Å². The van der Waals surface area contributed by atoms with Crippen molar-refractivity contribution in [2.45, 2.75) is 63.9 Å². The van der Waals surface area contributed by atoms with E-state index in [9.17, 15) is 4.79 Å². The average molecular weight is 197 g/mol. The van der Waals surface area contributed by atoms with Gasteiger partial charge in [0.1, 0.15) is 6.10 Å². The molecule has 1 aliphatic carbocycles. The smallest absolute Gasteiger partial charge is 0.306 e. The lowest BCUT2D eigenvalue weighted by Crippen LogP contribution is -2.14. The summed E-state index contributed by atoms with van der Waals surface area (Å²) in [6, 6.07) is 0. The predicted octanol–water partition coefficient (Wildman–Crippen LogP) is 3.26. The van der Waals surface area contributed by atoms with Gasteiger partial charge in [0.15, 0.2) is 0 Å². The van der Waals surface area contributed by atoms with Crippen LogP contribution in [0.2, 0.25) is 0 Å². The van der Waals surface area contributed by atoms with Crippen LogP contribution < -0.4 is 0 Å². The normalized spacial score (nSPS) is 17.2. The molecule has 1 saturated carbocycles. The van der Waals surface area contributed by atoms with Crippen molar-refractivity contribution in [3.05, 3.63) is 6.92 Å². The van der Waals surface area contributed by atoms with Crippen molar-refractivity contribution >= 4 is 5.97 Å². The number of hydrogen-bond acceptors (Lipinski definition) is 2. The molecule has 2 heteroatoms. The fourth-order valence-electron chi connectivity index (χ4n) is 1.87. The summed E-state index contributed by atoms with van der Waals surface area (Å²) >= 11 is 0. The van der Waals surface area contributed by atoms with Crippen LogP contribution in [0.25, 0.3) is 0 Å². The molecule has 1 rings (SSSR count). The van der Waals surface area contributed by atoms with Gasteiger partial charge in [-0.3, -0.25) is 4.79 Å². The van der Waals surface area contributed by atoms with Gasteiger partial charge in [-0.05, 0) is 32.1 Å². The quantitative estimate of drug-likeness (QED) is 0.482. The van der Waals surface area contributed by atoms with Crippen molar-refractivity contribution < 1.29 is 9.53 Å². The van der Waals surface area contributed by atoms with Gasteiger partial charge in [-0.1, -0.05) is 26.2 Å². The minimum absolute atomic E-state index is 0.000891. The Morgan fingerprint density at radius 1 is 1.21 bits per heavy atom. The Hall–Kier alpha value is -0.530. The molecule has 1 radical (unpaired) electrons. The third-order valence-corrected chi connectivity index (χ3v) is 2.73. The van der Waals surface area contributed by atoms with Crippen LogP contribution >= 0.6 is 0 Å². The molecule has 0 atom stereocenters. The van der Waals surface area contributed by atoms with Gasteiger partial charge in [0.25, 0.3) is 0 Å². The molecule has 0 saturated heterocycles. The highest BCUT2D eigenvalue weighted by Crippen LogP contribution is 2.21. The molecule has 0 aromatic rings. The second-order valence-corrected chi connectivity index (χ2v) is 4.06. The largest absolute Gasteiger partial charge is 0.462 e. The molecule has 0 amide bonds. The van der Waals surface area contributed by atoms with Gasteiger partial charge in [-0.25, -0.2) is 0 Å². The lowest BCUT2D eigenvalue weighted by atomic mass is 10.1. The van der Waals surface area contributed by atoms with E-state index < -0.39 is 0 Å². The molecule has 0 unspecified atom stereocenters. The standard InChI is InChI=1S/C12H21O2/c1-2-3-4-5-10-12(13)14-11-8-6-7-9-11/h11H,1-10H2. The lowest BCUT2D eigenvalue weighted by Gasteiger charge is -2.10. The zero-order chi connectivity index (χ0) is 10.2. The molecule has 1 fully saturated rings. The first-order valence-electron chi connectivity index (χ1n) is 5.81. The molecule has 14 heavy (non-hydrogen) atoms. The van der Waals surface area contributed by atoms with E-state index in [0.717, 1.165) is 38.5 Å². The second kappa shape index (κ2) is 6.86. The van der Waals surface area contributed by atoms with Crippen LogP contribution in [0.4, 0.5) is 0 Å². The minimum atomic E-state index is 0.000891. The van der Waals surface area contributed by atoms with Crippen LogP contribution in [-0.2, 0) is 9.53 Å². The fraction of sp³-hybridized carbons (Fsp3) is 0.833. The van der Waals surface area contributed by atoms with E-state index in [0.29, 0.717) is 6.42 Å². The third kappa shape index (κ3) is 4.64. The number of carbonyl (C=O) groups excluding carboxylic acids is 1. The van der Waals surface area contributed by atoms with Gasteiger partial charge in [0.05, 0.1) is 0 Å². The molecule has 0 N–H and O–H groups in total. The SMILES string of the molecule is [CH2]CCCCCC(=O)OC1CCCC1. The number of carbonyl (C=O) groups is 1. The predicted molar refractivity (Wildman–Crippen MR) is 56.8 cm³/mol. The summed E-state index contributed by atoms with van der Waals surface area (Å²) in [4.78, 5) is 11.3.